The summed E-state index contributed by atoms with van der Waals surface area (Å²) in [6, 6.07) is 4.38. The largest absolute Gasteiger partial charge is 0.200 e. The van der Waals surface area contributed by atoms with Gasteiger partial charge in [-0.15, -0.1) is 10.2 Å². The van der Waals surface area contributed by atoms with Gasteiger partial charge in [-0.2, -0.15) is 9.61 Å². The molecule has 0 unspecified atom stereocenters. The summed E-state index contributed by atoms with van der Waals surface area (Å²) < 4.78 is 1.74. The first-order valence-corrected chi connectivity index (χ1v) is 5.03. The Morgan fingerprint density at radius 3 is 2.87 bits per heavy atom. The molecule has 2 aromatic heterocycles. The molecular weight excluding hydrogens is 188 g/mol. The zero-order chi connectivity index (χ0) is 9.83. The Morgan fingerprint density at radius 1 is 1.13 bits per heavy atom. The lowest BCUT2D eigenvalue weighted by molar-refractivity contribution is 0.911. The minimum absolute atomic E-state index is 0.879. The van der Waals surface area contributed by atoms with Crippen LogP contribution >= 0.6 is 0 Å². The fourth-order valence-corrected chi connectivity index (χ4v) is 2.41. The van der Waals surface area contributed by atoms with Crippen molar-refractivity contribution >= 4 is 16.4 Å². The van der Waals surface area contributed by atoms with E-state index in [-0.39, 0.29) is 0 Å². The molecule has 0 N–H and O–H groups in total. The molecule has 3 aromatic rings. The highest BCUT2D eigenvalue weighted by molar-refractivity contribution is 5.98. The summed E-state index contributed by atoms with van der Waals surface area (Å²) in [6.45, 7) is 0. The third kappa shape index (κ3) is 0.794. The van der Waals surface area contributed by atoms with Crippen molar-refractivity contribution in [1.29, 1.82) is 0 Å². The van der Waals surface area contributed by atoms with Crippen LogP contribution in [0.15, 0.2) is 24.7 Å². The minimum Gasteiger partial charge on any atom is -0.200 e. The number of aromatic nitrogens is 4. The maximum absolute atomic E-state index is 4.30. The third-order valence-electron chi connectivity index (χ3n) is 3.15. The molecule has 0 spiro atoms. The van der Waals surface area contributed by atoms with E-state index >= 15 is 0 Å². The number of fused-ring (bicyclic) bond motifs is 3. The van der Waals surface area contributed by atoms with Crippen molar-refractivity contribution < 1.29 is 0 Å². The highest BCUT2D eigenvalue weighted by atomic mass is 15.3. The van der Waals surface area contributed by atoms with Crippen molar-refractivity contribution in [2.75, 3.05) is 0 Å². The molecular formula is C11H8N4. The van der Waals surface area contributed by atoms with E-state index in [2.05, 4.69) is 27.4 Å². The van der Waals surface area contributed by atoms with Crippen LogP contribution in [-0.4, -0.2) is 19.8 Å². The molecule has 0 fully saturated rings. The molecule has 1 aromatic carbocycles. The number of hydrogen-bond donors (Lipinski definition) is 0. The van der Waals surface area contributed by atoms with Crippen molar-refractivity contribution in [2.45, 2.75) is 12.8 Å². The summed E-state index contributed by atoms with van der Waals surface area (Å²) in [5.74, 6) is 0. The van der Waals surface area contributed by atoms with Crippen molar-refractivity contribution in [1.82, 2.24) is 19.8 Å². The van der Waals surface area contributed by atoms with Crippen LogP contribution in [0.25, 0.3) is 16.4 Å². The second-order valence-electron chi connectivity index (χ2n) is 3.92. The van der Waals surface area contributed by atoms with Gasteiger partial charge >= 0.3 is 0 Å². The van der Waals surface area contributed by atoms with E-state index in [1.54, 1.807) is 10.8 Å². The van der Waals surface area contributed by atoms with Gasteiger partial charge in [-0.25, -0.2) is 0 Å². The summed E-state index contributed by atoms with van der Waals surface area (Å²) in [4.78, 5) is 0. The predicted molar refractivity (Wildman–Crippen MR) is 55.7 cm³/mol. The lowest BCUT2D eigenvalue weighted by Crippen LogP contribution is -2.05. The van der Waals surface area contributed by atoms with E-state index in [0.29, 0.717) is 0 Å². The van der Waals surface area contributed by atoms with Gasteiger partial charge < -0.3 is 0 Å². The molecule has 0 atom stereocenters. The number of nitrogens with zero attached hydrogens (tertiary/aromatic N) is 4. The zero-order valence-electron chi connectivity index (χ0n) is 8.01. The summed E-state index contributed by atoms with van der Waals surface area (Å²) in [5, 5.41) is 14.8. The van der Waals surface area contributed by atoms with E-state index in [9.17, 15) is 0 Å². The van der Waals surface area contributed by atoms with E-state index in [1.807, 2.05) is 6.20 Å². The quantitative estimate of drug-likeness (QED) is 0.545. The number of benzene rings is 1. The van der Waals surface area contributed by atoms with Crippen molar-refractivity contribution in [2.24, 2.45) is 0 Å². The van der Waals surface area contributed by atoms with Gasteiger partial charge in [0.25, 0.3) is 0 Å². The van der Waals surface area contributed by atoms with Crippen LogP contribution in [0.5, 0.6) is 0 Å². The fourth-order valence-electron chi connectivity index (χ4n) is 2.41. The van der Waals surface area contributed by atoms with Gasteiger partial charge in [-0.1, -0.05) is 12.1 Å². The smallest absolute Gasteiger partial charge is 0.185 e. The first-order valence-electron chi connectivity index (χ1n) is 5.03. The Morgan fingerprint density at radius 2 is 2.00 bits per heavy atom. The summed E-state index contributed by atoms with van der Waals surface area (Å²) in [5.41, 5.74) is 3.61. The van der Waals surface area contributed by atoms with Gasteiger partial charge in [0.05, 0.1) is 6.20 Å². The Balaban J connectivity index is 2.39. The van der Waals surface area contributed by atoms with Gasteiger partial charge in [-0.3, -0.25) is 0 Å². The van der Waals surface area contributed by atoms with E-state index in [4.69, 9.17) is 0 Å². The van der Waals surface area contributed by atoms with Crippen molar-refractivity contribution in [3.05, 3.63) is 35.8 Å². The van der Waals surface area contributed by atoms with Crippen molar-refractivity contribution in [3.8, 4) is 0 Å². The molecule has 0 saturated heterocycles. The normalized spacial score (nSPS) is 14.1. The Bertz CT molecular complexity index is 683. The average Bonchev–Trinajstić information content (AvgIpc) is 2.78. The molecule has 0 aliphatic heterocycles. The fraction of sp³-hybridized carbons (Fsp3) is 0.182. The molecule has 2 aliphatic rings. The average molecular weight is 196 g/mol. The van der Waals surface area contributed by atoms with Crippen LogP contribution < -0.4 is 0 Å². The SMILES string of the molecule is c1cc2c3c(cnn4cnnc34)c1CC2. The van der Waals surface area contributed by atoms with E-state index in [0.717, 1.165) is 18.5 Å². The maximum atomic E-state index is 4.30. The van der Waals surface area contributed by atoms with Crippen LogP contribution in [0.4, 0.5) is 0 Å². The first-order chi connectivity index (χ1) is 7.43. The molecule has 4 nitrogen and oxygen atoms in total. The number of rotatable bonds is 0. The van der Waals surface area contributed by atoms with Crippen LogP contribution in [0.1, 0.15) is 11.1 Å². The van der Waals surface area contributed by atoms with E-state index < -0.39 is 0 Å². The minimum atomic E-state index is 0.879. The Hall–Kier alpha value is -1.97. The van der Waals surface area contributed by atoms with Gasteiger partial charge in [0.1, 0.15) is 6.33 Å². The molecule has 0 radical (unpaired) electrons. The van der Waals surface area contributed by atoms with Crippen LogP contribution in [-0.2, 0) is 12.8 Å². The lowest BCUT2D eigenvalue weighted by Gasteiger charge is -2.16. The maximum Gasteiger partial charge on any atom is 0.185 e. The topological polar surface area (TPSA) is 43.1 Å². The molecule has 2 bridgehead atoms. The highest BCUT2D eigenvalue weighted by Gasteiger charge is 2.16. The van der Waals surface area contributed by atoms with Gasteiger partial charge in [-0.05, 0) is 24.0 Å². The molecule has 5 rings (SSSR count). The zero-order valence-corrected chi connectivity index (χ0v) is 8.01. The number of aryl methyl sites for hydroxylation is 2. The van der Waals surface area contributed by atoms with Crippen LogP contribution in [0.2, 0.25) is 0 Å². The Kier molecular flexibility index (Phi) is 1.14. The molecule has 2 heterocycles. The molecule has 15 heavy (non-hydrogen) atoms. The highest BCUT2D eigenvalue weighted by Crippen LogP contribution is 2.31. The lowest BCUT2D eigenvalue weighted by atomic mass is 9.89. The monoisotopic (exact) mass is 196 g/mol. The van der Waals surface area contributed by atoms with E-state index in [1.165, 1.54) is 21.9 Å². The number of hydrogen-bond acceptors (Lipinski definition) is 3. The molecule has 4 heteroatoms. The third-order valence-corrected chi connectivity index (χ3v) is 3.15. The standard InChI is InChI=1S/C11H8N4/c1-3-8-4-2-7(1)9-5-13-15-6-12-14-11(15)10(8)9/h1,3,5-6H,2,4H2. The van der Waals surface area contributed by atoms with Crippen LogP contribution in [0, 0.1) is 0 Å². The van der Waals surface area contributed by atoms with Crippen molar-refractivity contribution in [3.63, 3.8) is 0 Å². The Labute approximate surface area is 85.6 Å². The summed E-state index contributed by atoms with van der Waals surface area (Å²) in [6.07, 6.45) is 5.81. The second kappa shape index (κ2) is 2.34. The second-order valence-corrected chi connectivity index (χ2v) is 3.92. The van der Waals surface area contributed by atoms with Crippen LogP contribution in [0.3, 0.4) is 0 Å². The molecule has 72 valence electrons. The van der Waals surface area contributed by atoms with Gasteiger partial charge in [0.2, 0.25) is 0 Å². The molecule has 0 amide bonds. The summed E-state index contributed by atoms with van der Waals surface area (Å²) in [7, 11) is 0. The summed E-state index contributed by atoms with van der Waals surface area (Å²) >= 11 is 0. The first kappa shape index (κ1) is 7.34. The predicted octanol–water partition coefficient (Wildman–Crippen LogP) is 1.38. The molecule has 2 aliphatic carbocycles. The molecule has 0 saturated carbocycles. The van der Waals surface area contributed by atoms with Gasteiger partial charge in [0, 0.05) is 10.8 Å². The van der Waals surface area contributed by atoms with Gasteiger partial charge in [0.15, 0.2) is 5.65 Å².